The van der Waals surface area contributed by atoms with E-state index in [0.717, 1.165) is 12.1 Å². The predicted octanol–water partition coefficient (Wildman–Crippen LogP) is 4.79. The number of nitrogens with one attached hydrogen (secondary N) is 1. The van der Waals surface area contributed by atoms with Crippen molar-refractivity contribution in [2.75, 3.05) is 13.1 Å². The molecule has 37 heavy (non-hydrogen) atoms. The van der Waals surface area contributed by atoms with Gasteiger partial charge in [0.1, 0.15) is 0 Å². The Hall–Kier alpha value is -2.34. The van der Waals surface area contributed by atoms with Crippen molar-refractivity contribution < 1.29 is 31.2 Å². The summed E-state index contributed by atoms with van der Waals surface area (Å²) < 4.78 is 68.5. The lowest BCUT2D eigenvalue weighted by molar-refractivity contribution is -0.275. The highest BCUT2D eigenvalue weighted by Gasteiger charge is 2.62. The van der Waals surface area contributed by atoms with E-state index in [2.05, 4.69) is 10.5 Å². The molecule has 0 bridgehead atoms. The number of halogens is 5. The van der Waals surface area contributed by atoms with E-state index in [0.29, 0.717) is 29.5 Å². The highest BCUT2D eigenvalue weighted by molar-refractivity contribution is 7.90. The van der Waals surface area contributed by atoms with E-state index in [1.165, 1.54) is 22.5 Å². The zero-order chi connectivity index (χ0) is 26.8. The van der Waals surface area contributed by atoms with E-state index in [9.17, 15) is 26.4 Å². The number of benzene rings is 2. The van der Waals surface area contributed by atoms with Crippen molar-refractivity contribution in [1.82, 2.24) is 9.62 Å². The Bertz CT molecular complexity index is 1390. The molecular weight excluding hydrogens is 554 g/mol. The fourth-order valence-corrected chi connectivity index (χ4v) is 6.98. The Morgan fingerprint density at radius 2 is 1.78 bits per heavy atom. The molecular formula is C24H22Cl2F3N3O4S. The summed E-state index contributed by atoms with van der Waals surface area (Å²) in [5.74, 6) is -0.389. The summed E-state index contributed by atoms with van der Waals surface area (Å²) in [4.78, 5) is 17.8. The van der Waals surface area contributed by atoms with Crippen LogP contribution in [0.1, 0.15) is 46.3 Å². The molecule has 198 valence electrons. The lowest BCUT2D eigenvalue weighted by atomic mass is 9.86. The number of amides is 1. The molecule has 13 heteroatoms. The maximum atomic E-state index is 14.2. The van der Waals surface area contributed by atoms with Crippen LogP contribution < -0.4 is 5.32 Å². The van der Waals surface area contributed by atoms with Gasteiger partial charge in [0.25, 0.3) is 11.5 Å². The molecule has 1 atom stereocenters. The number of aryl methyl sites for hydroxylation is 1. The number of carbonyl (C=O) groups excluding carboxylic acids is 1. The second-order valence-electron chi connectivity index (χ2n) is 9.55. The van der Waals surface area contributed by atoms with E-state index < -0.39 is 28.2 Å². The second-order valence-corrected chi connectivity index (χ2v) is 12.6. The van der Waals surface area contributed by atoms with Gasteiger partial charge in [0, 0.05) is 40.7 Å². The number of alkyl halides is 3. The molecule has 1 saturated heterocycles. The molecule has 2 fully saturated rings. The Labute approximate surface area is 221 Å². The second kappa shape index (κ2) is 9.14. The van der Waals surface area contributed by atoms with Gasteiger partial charge < -0.3 is 10.2 Å². The zero-order valence-corrected chi connectivity index (χ0v) is 21.8. The maximum Gasteiger partial charge on any atom is 0.435 e. The average molecular weight is 576 g/mol. The third kappa shape index (κ3) is 4.82. The van der Waals surface area contributed by atoms with Crippen LogP contribution in [0.3, 0.4) is 0 Å². The summed E-state index contributed by atoms with van der Waals surface area (Å²) >= 11 is 11.9. The van der Waals surface area contributed by atoms with Crippen molar-refractivity contribution in [2.24, 2.45) is 5.16 Å². The average Bonchev–Trinajstić information content (AvgIpc) is 3.53. The molecule has 5 rings (SSSR count). The first kappa shape index (κ1) is 26.3. The molecule has 0 spiro atoms. The number of carbonyl (C=O) groups is 1. The normalized spacial score (nSPS) is 22.8. The molecule has 2 aromatic rings. The topological polar surface area (TPSA) is 88.1 Å². The molecule has 2 aliphatic heterocycles. The molecule has 0 aromatic heterocycles. The highest BCUT2D eigenvalue weighted by atomic mass is 35.5. The van der Waals surface area contributed by atoms with Gasteiger partial charge in [-0.25, -0.2) is 8.42 Å². The summed E-state index contributed by atoms with van der Waals surface area (Å²) in [7, 11) is -3.27. The van der Waals surface area contributed by atoms with Crippen molar-refractivity contribution in [2.45, 2.75) is 49.3 Å². The SMILES string of the molecule is Cc1cc(C2=NO[C@@](c3cc(Cl)cc(Cl)c3)(C(F)(F)F)C2)ccc1C(=O)NC1CN(S(=O)(=O)C2CC2)C1. The molecule has 0 radical (unpaired) electrons. The van der Waals surface area contributed by atoms with Gasteiger partial charge in [-0.15, -0.1) is 0 Å². The van der Waals surface area contributed by atoms with Crippen LogP contribution >= 0.6 is 23.2 Å². The first-order valence-electron chi connectivity index (χ1n) is 11.5. The Kier molecular flexibility index (Phi) is 6.49. The van der Waals surface area contributed by atoms with Crippen LogP contribution in [0.15, 0.2) is 41.6 Å². The molecule has 1 N–H and O–H groups in total. The zero-order valence-electron chi connectivity index (χ0n) is 19.5. The molecule has 3 aliphatic rings. The summed E-state index contributed by atoms with van der Waals surface area (Å²) in [6, 6.07) is 7.90. The molecule has 2 heterocycles. The number of hydrogen-bond donors (Lipinski definition) is 1. The summed E-state index contributed by atoms with van der Waals surface area (Å²) in [5.41, 5.74) is -1.73. The highest BCUT2D eigenvalue weighted by Crippen LogP contribution is 2.49. The van der Waals surface area contributed by atoms with E-state index >= 15 is 0 Å². The third-order valence-electron chi connectivity index (χ3n) is 6.81. The first-order valence-corrected chi connectivity index (χ1v) is 13.8. The van der Waals surface area contributed by atoms with Gasteiger partial charge in [-0.2, -0.15) is 17.5 Å². The van der Waals surface area contributed by atoms with Crippen LogP contribution in [0, 0.1) is 6.92 Å². The van der Waals surface area contributed by atoms with Gasteiger partial charge >= 0.3 is 6.18 Å². The minimum Gasteiger partial charge on any atom is -0.374 e. The minimum atomic E-state index is -4.81. The Balaban J connectivity index is 1.29. The quantitative estimate of drug-likeness (QED) is 0.536. The van der Waals surface area contributed by atoms with Crippen LogP contribution in [0.2, 0.25) is 10.0 Å². The van der Waals surface area contributed by atoms with Gasteiger partial charge in [0.2, 0.25) is 10.0 Å². The van der Waals surface area contributed by atoms with E-state index in [1.807, 2.05) is 0 Å². The molecule has 7 nitrogen and oxygen atoms in total. The number of rotatable bonds is 6. The molecule has 1 aliphatic carbocycles. The minimum absolute atomic E-state index is 0.0362. The number of nitrogens with zero attached hydrogens (tertiary/aromatic N) is 2. The first-order chi connectivity index (χ1) is 17.3. The summed E-state index contributed by atoms with van der Waals surface area (Å²) in [6.45, 7) is 2.11. The molecule has 1 saturated carbocycles. The largest absolute Gasteiger partial charge is 0.435 e. The number of oxime groups is 1. The lowest BCUT2D eigenvalue weighted by Crippen LogP contribution is -2.61. The van der Waals surface area contributed by atoms with Crippen molar-refractivity contribution in [3.8, 4) is 0 Å². The van der Waals surface area contributed by atoms with E-state index in [-0.39, 0.29) is 51.6 Å². The van der Waals surface area contributed by atoms with Crippen molar-refractivity contribution in [1.29, 1.82) is 0 Å². The van der Waals surface area contributed by atoms with Crippen LogP contribution in [0.5, 0.6) is 0 Å². The van der Waals surface area contributed by atoms with Crippen LogP contribution in [-0.4, -0.2) is 54.9 Å². The summed E-state index contributed by atoms with van der Waals surface area (Å²) in [5, 5.41) is 6.34. The fourth-order valence-electron chi connectivity index (χ4n) is 4.52. The monoisotopic (exact) mass is 575 g/mol. The van der Waals surface area contributed by atoms with Gasteiger partial charge in [-0.1, -0.05) is 34.4 Å². The number of sulfonamides is 1. The van der Waals surface area contributed by atoms with Gasteiger partial charge in [-0.3, -0.25) is 4.79 Å². The molecule has 2 aromatic carbocycles. The van der Waals surface area contributed by atoms with Gasteiger partial charge in [0.15, 0.2) is 0 Å². The molecule has 1 amide bonds. The van der Waals surface area contributed by atoms with Crippen LogP contribution in [0.4, 0.5) is 13.2 Å². The van der Waals surface area contributed by atoms with E-state index in [4.69, 9.17) is 28.0 Å². The van der Waals surface area contributed by atoms with Crippen molar-refractivity contribution in [3.05, 3.63) is 68.7 Å². The Morgan fingerprint density at radius 3 is 2.35 bits per heavy atom. The molecule has 0 unspecified atom stereocenters. The van der Waals surface area contributed by atoms with Gasteiger partial charge in [0.05, 0.1) is 17.0 Å². The maximum absolute atomic E-state index is 14.2. The smallest absolute Gasteiger partial charge is 0.374 e. The van der Waals surface area contributed by atoms with Crippen molar-refractivity contribution in [3.63, 3.8) is 0 Å². The number of hydrogen-bond acceptors (Lipinski definition) is 5. The van der Waals surface area contributed by atoms with E-state index in [1.54, 1.807) is 13.0 Å². The van der Waals surface area contributed by atoms with Crippen LogP contribution in [0.25, 0.3) is 0 Å². The van der Waals surface area contributed by atoms with Crippen molar-refractivity contribution >= 4 is 44.8 Å². The van der Waals surface area contributed by atoms with Gasteiger partial charge in [-0.05, 0) is 61.2 Å². The standard InChI is InChI=1S/C24H22Cl2F3N3O4S/c1-13-6-14(2-5-20(13)22(33)30-18-11-32(12-18)37(34,35)19-3-4-19)21-10-23(36-31-21,24(27,28)29)15-7-16(25)9-17(26)8-15/h2,5-9,18-19H,3-4,10-12H2,1H3,(H,30,33)/t23-/m0/s1. The Morgan fingerprint density at radius 1 is 1.14 bits per heavy atom. The fraction of sp³-hybridized carbons (Fsp3) is 0.417. The predicted molar refractivity (Wildman–Crippen MR) is 132 cm³/mol. The lowest BCUT2D eigenvalue weighted by Gasteiger charge is -2.38. The van der Waals surface area contributed by atoms with Crippen LogP contribution in [-0.2, 0) is 20.5 Å². The summed E-state index contributed by atoms with van der Waals surface area (Å²) in [6.07, 6.45) is -4.07. The third-order valence-corrected chi connectivity index (χ3v) is 9.58.